The lowest BCUT2D eigenvalue weighted by Gasteiger charge is -2.33. The van der Waals surface area contributed by atoms with Gasteiger partial charge in [-0.15, -0.1) is 0 Å². The Labute approximate surface area is 195 Å². The van der Waals surface area contributed by atoms with E-state index in [1.807, 2.05) is 0 Å². The summed E-state index contributed by atoms with van der Waals surface area (Å²) in [6.07, 6.45) is 29.5. The number of hydrogen-bond acceptors (Lipinski definition) is 2. The Morgan fingerprint density at radius 3 is 1.77 bits per heavy atom. The fourth-order valence-electron chi connectivity index (χ4n) is 4.96. The number of hydrogen-bond donors (Lipinski definition) is 1. The summed E-state index contributed by atoms with van der Waals surface area (Å²) in [5, 5.41) is 9.40. The maximum Gasteiger partial charge on any atom is 0.198 e. The van der Waals surface area contributed by atoms with Crippen molar-refractivity contribution in [3.05, 3.63) is 12.2 Å². The van der Waals surface area contributed by atoms with Gasteiger partial charge in [-0.2, -0.15) is 0 Å². The van der Waals surface area contributed by atoms with Crippen LogP contribution >= 0.6 is 0 Å². The van der Waals surface area contributed by atoms with Crippen LogP contribution in [0.15, 0.2) is 17.1 Å². The first-order chi connectivity index (χ1) is 15.3. The minimum Gasteiger partial charge on any atom is -0.390 e. The summed E-state index contributed by atoms with van der Waals surface area (Å²) in [7, 11) is 0. The molecule has 182 valence electrons. The Balaban J connectivity index is 1.86. The molecule has 1 aliphatic rings. The zero-order valence-corrected chi connectivity index (χ0v) is 21.3. The van der Waals surface area contributed by atoms with E-state index in [9.17, 15) is 5.11 Å². The van der Waals surface area contributed by atoms with Crippen LogP contribution in [0.2, 0.25) is 0 Å². The topological polar surface area (TPSA) is 32.6 Å². The van der Waals surface area contributed by atoms with Crippen LogP contribution in [0.4, 0.5) is 0 Å². The third-order valence-electron chi connectivity index (χ3n) is 7.17. The van der Waals surface area contributed by atoms with E-state index in [0.717, 1.165) is 37.1 Å². The van der Waals surface area contributed by atoms with E-state index in [2.05, 4.69) is 26.0 Å². The molecule has 1 atom stereocenters. The zero-order valence-electron chi connectivity index (χ0n) is 21.3. The van der Waals surface area contributed by atoms with Crippen LogP contribution in [-0.2, 0) is 0 Å². The summed E-state index contributed by atoms with van der Waals surface area (Å²) in [6, 6.07) is 0. The first-order valence-electron chi connectivity index (χ1n) is 13.9. The van der Waals surface area contributed by atoms with E-state index < -0.39 is 0 Å². The number of unbranched alkanes of at least 4 members (excludes halogenated alkanes) is 15. The van der Waals surface area contributed by atoms with Crippen LogP contribution in [0.5, 0.6) is 0 Å². The number of allylic oxidation sites excluding steroid dienone is 2. The summed E-state index contributed by atoms with van der Waals surface area (Å²) in [5.74, 6) is 1.34. The van der Waals surface area contributed by atoms with Crippen molar-refractivity contribution in [2.45, 2.75) is 129 Å². The van der Waals surface area contributed by atoms with Gasteiger partial charge in [-0.05, 0) is 39.0 Å². The monoisotopic (exact) mass is 435 g/mol. The molecule has 1 unspecified atom stereocenters. The number of likely N-dealkylation sites (N-methyl/N-ethyl adjacent to an activating group) is 1. The molecule has 31 heavy (non-hydrogen) atoms. The SMILES string of the molecule is CCCCCCCCCCCCCCC/C=C/CCCCC1=NCC[N+]1(CC)CCO. The highest BCUT2D eigenvalue weighted by molar-refractivity contribution is 5.76. The molecule has 0 bridgehead atoms. The van der Waals surface area contributed by atoms with E-state index in [-0.39, 0.29) is 6.61 Å². The zero-order chi connectivity index (χ0) is 22.5. The number of aliphatic hydroxyl groups excluding tert-OH is 1. The van der Waals surface area contributed by atoms with Gasteiger partial charge < -0.3 is 5.11 Å². The molecule has 1 heterocycles. The van der Waals surface area contributed by atoms with Gasteiger partial charge in [0.05, 0.1) is 19.7 Å². The highest BCUT2D eigenvalue weighted by Gasteiger charge is 2.35. The lowest BCUT2D eigenvalue weighted by atomic mass is 10.0. The van der Waals surface area contributed by atoms with Crippen molar-refractivity contribution in [1.29, 1.82) is 0 Å². The summed E-state index contributed by atoms with van der Waals surface area (Å²) in [5.41, 5.74) is 0. The second kappa shape index (κ2) is 20.0. The second-order valence-electron chi connectivity index (χ2n) is 9.68. The molecule has 0 aromatic heterocycles. The predicted molar refractivity (Wildman–Crippen MR) is 138 cm³/mol. The molecule has 3 nitrogen and oxygen atoms in total. The molecule has 0 aromatic rings. The number of rotatable bonds is 22. The van der Waals surface area contributed by atoms with Gasteiger partial charge in [0, 0.05) is 6.42 Å². The highest BCUT2D eigenvalue weighted by atomic mass is 16.3. The summed E-state index contributed by atoms with van der Waals surface area (Å²) in [6.45, 7) is 8.74. The second-order valence-corrected chi connectivity index (χ2v) is 9.68. The summed E-state index contributed by atoms with van der Waals surface area (Å²) in [4.78, 5) is 4.76. The van der Waals surface area contributed by atoms with Gasteiger partial charge in [-0.25, -0.2) is 4.99 Å². The third-order valence-corrected chi connectivity index (χ3v) is 7.17. The average molecular weight is 436 g/mol. The average Bonchev–Trinajstić information content (AvgIpc) is 3.18. The molecular formula is C28H55N2O+. The standard InChI is InChI=1S/C28H55N2O/c1-3-5-6-7-8-9-10-11-12-13-14-15-16-17-18-19-20-21-22-23-28-29-24-25-30(28,4-2)26-27-31/h18-19,31H,3-17,20-27H2,1-2H3/q+1/b19-18+. The van der Waals surface area contributed by atoms with Crippen molar-refractivity contribution in [2.24, 2.45) is 4.99 Å². The van der Waals surface area contributed by atoms with Crippen molar-refractivity contribution in [3.8, 4) is 0 Å². The Kier molecular flexibility index (Phi) is 18.3. The number of quaternary nitrogens is 1. The van der Waals surface area contributed by atoms with Gasteiger partial charge >= 0.3 is 0 Å². The van der Waals surface area contributed by atoms with Crippen LogP contribution in [0.1, 0.15) is 129 Å². The smallest absolute Gasteiger partial charge is 0.198 e. The molecule has 0 amide bonds. The van der Waals surface area contributed by atoms with Crippen LogP contribution in [0, 0.1) is 0 Å². The minimum absolute atomic E-state index is 0.273. The number of aliphatic imine (C=N–C) groups is 1. The Morgan fingerprint density at radius 2 is 1.26 bits per heavy atom. The molecule has 0 fully saturated rings. The van der Waals surface area contributed by atoms with Crippen molar-refractivity contribution in [2.75, 3.05) is 32.8 Å². The van der Waals surface area contributed by atoms with E-state index in [0.29, 0.717) is 0 Å². The highest BCUT2D eigenvalue weighted by Crippen LogP contribution is 2.19. The van der Waals surface area contributed by atoms with Gasteiger partial charge in [0.25, 0.3) is 0 Å². The number of aliphatic hydroxyl groups is 1. The minimum atomic E-state index is 0.273. The van der Waals surface area contributed by atoms with Gasteiger partial charge in [-0.1, -0.05) is 96.1 Å². The number of amidine groups is 1. The molecule has 0 spiro atoms. The van der Waals surface area contributed by atoms with Crippen LogP contribution in [0.3, 0.4) is 0 Å². The maximum absolute atomic E-state index is 9.40. The molecule has 0 saturated carbocycles. The van der Waals surface area contributed by atoms with E-state index in [1.54, 1.807) is 0 Å². The molecular weight excluding hydrogens is 380 g/mol. The maximum atomic E-state index is 9.40. The first-order valence-corrected chi connectivity index (χ1v) is 13.9. The van der Waals surface area contributed by atoms with Crippen LogP contribution in [0.25, 0.3) is 0 Å². The largest absolute Gasteiger partial charge is 0.390 e. The Morgan fingerprint density at radius 1 is 0.742 bits per heavy atom. The molecule has 1 aliphatic heterocycles. The molecule has 3 heteroatoms. The third kappa shape index (κ3) is 13.5. The van der Waals surface area contributed by atoms with Crippen molar-refractivity contribution < 1.29 is 9.59 Å². The van der Waals surface area contributed by atoms with Gasteiger partial charge in [0.15, 0.2) is 5.84 Å². The quantitative estimate of drug-likeness (QED) is 0.105. The van der Waals surface area contributed by atoms with E-state index >= 15 is 0 Å². The van der Waals surface area contributed by atoms with Crippen LogP contribution < -0.4 is 0 Å². The van der Waals surface area contributed by atoms with Crippen molar-refractivity contribution >= 4 is 5.84 Å². The van der Waals surface area contributed by atoms with Gasteiger partial charge in [0.1, 0.15) is 13.1 Å². The van der Waals surface area contributed by atoms with E-state index in [1.165, 1.54) is 115 Å². The fraction of sp³-hybridized carbons (Fsp3) is 0.893. The lowest BCUT2D eigenvalue weighted by Crippen LogP contribution is -2.52. The summed E-state index contributed by atoms with van der Waals surface area (Å²) < 4.78 is 0.936. The predicted octanol–water partition coefficient (Wildman–Crippen LogP) is 7.83. The van der Waals surface area contributed by atoms with Crippen molar-refractivity contribution in [1.82, 2.24) is 0 Å². The van der Waals surface area contributed by atoms with Gasteiger partial charge in [-0.3, -0.25) is 4.48 Å². The molecule has 1 N–H and O–H groups in total. The van der Waals surface area contributed by atoms with Crippen molar-refractivity contribution in [3.63, 3.8) is 0 Å². The molecule has 0 saturated heterocycles. The molecule has 0 aliphatic carbocycles. The summed E-state index contributed by atoms with van der Waals surface area (Å²) >= 11 is 0. The number of nitrogens with zero attached hydrogens (tertiary/aromatic N) is 2. The van der Waals surface area contributed by atoms with Crippen LogP contribution in [-0.4, -0.2) is 48.2 Å². The Hall–Kier alpha value is -0.670. The fourth-order valence-corrected chi connectivity index (χ4v) is 4.96. The molecule has 1 rings (SSSR count). The lowest BCUT2D eigenvalue weighted by molar-refractivity contribution is -0.835. The van der Waals surface area contributed by atoms with Gasteiger partial charge in [0.2, 0.25) is 0 Å². The molecule has 0 radical (unpaired) electrons. The Bertz CT molecular complexity index is 460. The normalized spacial score (nSPS) is 18.9. The molecule has 0 aromatic carbocycles. The first kappa shape index (κ1) is 28.4. The van der Waals surface area contributed by atoms with E-state index in [4.69, 9.17) is 4.99 Å².